The SMILES string of the molecule is CCC(C)OC(=O)C(CC(=O)O)C1C=CC(C(=O)O)C(C(=O)O)C1. The van der Waals surface area contributed by atoms with Crippen molar-refractivity contribution in [2.75, 3.05) is 0 Å². The van der Waals surface area contributed by atoms with Crippen molar-refractivity contribution >= 4 is 23.9 Å². The third kappa shape index (κ3) is 5.07. The van der Waals surface area contributed by atoms with Crippen molar-refractivity contribution in [3.05, 3.63) is 12.2 Å². The van der Waals surface area contributed by atoms with Crippen molar-refractivity contribution in [3.63, 3.8) is 0 Å². The highest BCUT2D eigenvalue weighted by Crippen LogP contribution is 2.35. The number of carboxylic acid groups (broad SMARTS) is 3. The number of hydrogen-bond acceptors (Lipinski definition) is 5. The van der Waals surface area contributed by atoms with Gasteiger partial charge in [-0.3, -0.25) is 19.2 Å². The third-order valence-electron chi connectivity index (χ3n) is 4.23. The van der Waals surface area contributed by atoms with Crippen LogP contribution in [0.3, 0.4) is 0 Å². The molecule has 3 N–H and O–H groups in total. The zero-order valence-electron chi connectivity index (χ0n) is 13.5. The molecule has 0 spiro atoms. The van der Waals surface area contributed by atoms with Gasteiger partial charge in [-0.2, -0.15) is 0 Å². The van der Waals surface area contributed by atoms with E-state index in [1.54, 1.807) is 6.92 Å². The average Bonchev–Trinajstić information content (AvgIpc) is 2.51. The van der Waals surface area contributed by atoms with Crippen LogP contribution in [0.15, 0.2) is 12.2 Å². The average molecular weight is 342 g/mol. The van der Waals surface area contributed by atoms with Crippen LogP contribution in [-0.4, -0.2) is 45.3 Å². The first kappa shape index (κ1) is 19.7. The van der Waals surface area contributed by atoms with Crippen molar-refractivity contribution in [2.24, 2.45) is 23.7 Å². The van der Waals surface area contributed by atoms with Crippen LogP contribution < -0.4 is 0 Å². The predicted molar refractivity (Wildman–Crippen MR) is 81.1 cm³/mol. The number of rotatable bonds is 8. The van der Waals surface area contributed by atoms with E-state index in [0.717, 1.165) is 0 Å². The second-order valence-electron chi connectivity index (χ2n) is 5.95. The molecule has 1 aliphatic rings. The summed E-state index contributed by atoms with van der Waals surface area (Å²) in [6, 6.07) is 0. The van der Waals surface area contributed by atoms with Gasteiger partial charge in [0.25, 0.3) is 0 Å². The maximum Gasteiger partial charge on any atom is 0.311 e. The maximum atomic E-state index is 12.3. The fourth-order valence-electron chi connectivity index (χ4n) is 2.69. The molecule has 0 fully saturated rings. The van der Waals surface area contributed by atoms with Crippen molar-refractivity contribution in [1.29, 1.82) is 0 Å². The van der Waals surface area contributed by atoms with Crippen molar-refractivity contribution < 1.29 is 39.2 Å². The monoisotopic (exact) mass is 342 g/mol. The summed E-state index contributed by atoms with van der Waals surface area (Å²) < 4.78 is 5.19. The van der Waals surface area contributed by atoms with E-state index in [2.05, 4.69) is 0 Å². The van der Waals surface area contributed by atoms with Crippen LogP contribution >= 0.6 is 0 Å². The number of aliphatic carboxylic acids is 3. The fourth-order valence-corrected chi connectivity index (χ4v) is 2.69. The van der Waals surface area contributed by atoms with E-state index >= 15 is 0 Å². The molecule has 1 rings (SSSR count). The van der Waals surface area contributed by atoms with Crippen LogP contribution in [0, 0.1) is 23.7 Å². The highest BCUT2D eigenvalue weighted by atomic mass is 16.5. The third-order valence-corrected chi connectivity index (χ3v) is 4.23. The summed E-state index contributed by atoms with van der Waals surface area (Å²) in [4.78, 5) is 45.8. The van der Waals surface area contributed by atoms with Crippen LogP contribution in [0.5, 0.6) is 0 Å². The molecule has 1 aliphatic carbocycles. The molecule has 0 heterocycles. The molecule has 0 amide bonds. The lowest BCUT2D eigenvalue weighted by Gasteiger charge is -2.30. The Balaban J connectivity index is 3.03. The van der Waals surface area contributed by atoms with Gasteiger partial charge in [-0.15, -0.1) is 0 Å². The molecule has 0 aromatic heterocycles. The molecular formula is C16H22O8. The van der Waals surface area contributed by atoms with Crippen LogP contribution in [0.4, 0.5) is 0 Å². The molecule has 5 unspecified atom stereocenters. The Hall–Kier alpha value is -2.38. The van der Waals surface area contributed by atoms with E-state index in [1.165, 1.54) is 12.2 Å². The molecule has 5 atom stereocenters. The molecule has 0 aromatic rings. The fraction of sp³-hybridized carbons (Fsp3) is 0.625. The first-order valence-corrected chi connectivity index (χ1v) is 7.73. The smallest absolute Gasteiger partial charge is 0.311 e. The van der Waals surface area contributed by atoms with E-state index in [9.17, 15) is 24.3 Å². The number of carbonyl (C=O) groups excluding carboxylic acids is 1. The van der Waals surface area contributed by atoms with Gasteiger partial charge < -0.3 is 20.1 Å². The molecule has 0 saturated carbocycles. The Morgan fingerprint density at radius 2 is 1.75 bits per heavy atom. The van der Waals surface area contributed by atoms with Gasteiger partial charge in [0, 0.05) is 0 Å². The molecule has 0 aliphatic heterocycles. The van der Waals surface area contributed by atoms with Gasteiger partial charge in [-0.1, -0.05) is 19.1 Å². The molecular weight excluding hydrogens is 320 g/mol. The lowest BCUT2D eigenvalue weighted by molar-refractivity contribution is -0.160. The largest absolute Gasteiger partial charge is 0.481 e. The van der Waals surface area contributed by atoms with Crippen molar-refractivity contribution in [1.82, 2.24) is 0 Å². The highest BCUT2D eigenvalue weighted by molar-refractivity contribution is 5.83. The van der Waals surface area contributed by atoms with Gasteiger partial charge >= 0.3 is 23.9 Å². The minimum atomic E-state index is -1.29. The number of hydrogen-bond donors (Lipinski definition) is 3. The van der Waals surface area contributed by atoms with Crippen molar-refractivity contribution in [3.8, 4) is 0 Å². The zero-order chi connectivity index (χ0) is 18.4. The van der Waals surface area contributed by atoms with E-state index in [4.69, 9.17) is 14.9 Å². The number of carboxylic acids is 3. The van der Waals surface area contributed by atoms with Gasteiger partial charge in [0.05, 0.1) is 30.3 Å². The second kappa shape index (κ2) is 8.47. The lowest BCUT2D eigenvalue weighted by atomic mass is 9.73. The summed E-state index contributed by atoms with van der Waals surface area (Å²) in [6.45, 7) is 3.48. The Bertz CT molecular complexity index is 538. The lowest BCUT2D eigenvalue weighted by Crippen LogP contribution is -2.37. The first-order chi connectivity index (χ1) is 11.2. The summed E-state index contributed by atoms with van der Waals surface area (Å²) in [5.41, 5.74) is 0. The second-order valence-corrected chi connectivity index (χ2v) is 5.95. The van der Waals surface area contributed by atoms with Crippen molar-refractivity contribution in [2.45, 2.75) is 39.2 Å². The van der Waals surface area contributed by atoms with E-state index in [1.807, 2.05) is 6.92 Å². The van der Waals surface area contributed by atoms with E-state index in [0.29, 0.717) is 6.42 Å². The van der Waals surface area contributed by atoms with E-state index in [-0.39, 0.29) is 12.5 Å². The van der Waals surface area contributed by atoms with Crippen LogP contribution in [0.1, 0.15) is 33.1 Å². The Labute approximate surface area is 139 Å². The number of ether oxygens (including phenoxy) is 1. The molecule has 0 aromatic carbocycles. The van der Waals surface area contributed by atoms with Gasteiger partial charge in [-0.25, -0.2) is 0 Å². The highest BCUT2D eigenvalue weighted by Gasteiger charge is 2.41. The molecule has 8 nitrogen and oxygen atoms in total. The number of esters is 1. The molecule has 24 heavy (non-hydrogen) atoms. The Morgan fingerprint density at radius 3 is 2.21 bits per heavy atom. The Morgan fingerprint density at radius 1 is 1.12 bits per heavy atom. The van der Waals surface area contributed by atoms with Gasteiger partial charge in [-0.05, 0) is 25.7 Å². The normalized spacial score (nSPS) is 25.5. The summed E-state index contributed by atoms with van der Waals surface area (Å²) in [5, 5.41) is 27.3. The number of carbonyl (C=O) groups is 4. The standard InChI is InChI=1S/C16H22O8/c1-3-8(2)24-16(23)11(7-13(17)18)9-4-5-10(14(19)20)12(6-9)15(21)22/h4-5,8-12H,3,6-7H2,1-2H3,(H,17,18)(H,19,20)(H,21,22). The number of allylic oxidation sites excluding steroid dienone is 1. The summed E-state index contributed by atoms with van der Waals surface area (Å²) in [6.07, 6.45) is 2.18. The molecule has 0 bridgehead atoms. The van der Waals surface area contributed by atoms with Crippen LogP contribution in [0.25, 0.3) is 0 Å². The molecule has 8 heteroatoms. The summed E-state index contributed by atoms with van der Waals surface area (Å²) >= 11 is 0. The quantitative estimate of drug-likeness (QED) is 0.444. The molecule has 0 radical (unpaired) electrons. The van der Waals surface area contributed by atoms with Gasteiger partial charge in [0.2, 0.25) is 0 Å². The van der Waals surface area contributed by atoms with Crippen LogP contribution in [0.2, 0.25) is 0 Å². The molecule has 0 saturated heterocycles. The summed E-state index contributed by atoms with van der Waals surface area (Å²) in [5.74, 6) is -8.64. The van der Waals surface area contributed by atoms with Crippen LogP contribution in [-0.2, 0) is 23.9 Å². The predicted octanol–water partition coefficient (Wildman–Crippen LogP) is 1.40. The Kier molecular flexibility index (Phi) is 6.94. The minimum Gasteiger partial charge on any atom is -0.481 e. The zero-order valence-corrected chi connectivity index (χ0v) is 13.5. The van der Waals surface area contributed by atoms with Gasteiger partial charge in [0.15, 0.2) is 0 Å². The summed E-state index contributed by atoms with van der Waals surface area (Å²) in [7, 11) is 0. The van der Waals surface area contributed by atoms with Gasteiger partial charge in [0.1, 0.15) is 0 Å². The molecule has 134 valence electrons. The topological polar surface area (TPSA) is 138 Å². The van der Waals surface area contributed by atoms with E-state index < -0.39 is 54.0 Å². The minimum absolute atomic E-state index is 0.129. The first-order valence-electron chi connectivity index (χ1n) is 7.73. The maximum absolute atomic E-state index is 12.3.